The molecule has 0 aliphatic heterocycles. The van der Waals surface area contributed by atoms with E-state index < -0.39 is 5.54 Å². The second-order valence-corrected chi connectivity index (χ2v) is 5.35. The summed E-state index contributed by atoms with van der Waals surface area (Å²) in [6, 6.07) is 0. The summed E-state index contributed by atoms with van der Waals surface area (Å²) in [5, 5.41) is 0. The van der Waals surface area contributed by atoms with Crippen molar-refractivity contribution in [1.82, 2.24) is 0 Å². The fraction of sp³-hybridized carbons (Fsp3) is 0.917. The summed E-state index contributed by atoms with van der Waals surface area (Å²) < 4.78 is 5.23. The van der Waals surface area contributed by atoms with E-state index in [9.17, 15) is 4.79 Å². The summed E-state index contributed by atoms with van der Waals surface area (Å²) in [7, 11) is 0. The number of hydrogen-bond acceptors (Lipinski definition) is 3. The molecule has 3 nitrogen and oxygen atoms in total. The highest BCUT2D eigenvalue weighted by Crippen LogP contribution is 2.31. The van der Waals surface area contributed by atoms with E-state index in [0.717, 1.165) is 19.3 Å². The van der Waals surface area contributed by atoms with Crippen molar-refractivity contribution in [3.63, 3.8) is 0 Å². The maximum atomic E-state index is 11.8. The molecule has 0 bridgehead atoms. The molecule has 2 atom stereocenters. The van der Waals surface area contributed by atoms with Crippen molar-refractivity contribution in [2.24, 2.45) is 17.6 Å². The molecule has 0 aromatic heterocycles. The maximum Gasteiger partial charge on any atom is 0.326 e. The van der Waals surface area contributed by atoms with Gasteiger partial charge in [0, 0.05) is 0 Å². The zero-order valence-electron chi connectivity index (χ0n) is 10.1. The van der Waals surface area contributed by atoms with Crippen LogP contribution in [0.1, 0.15) is 46.5 Å². The second kappa shape index (κ2) is 4.97. The Morgan fingerprint density at radius 2 is 2.27 bits per heavy atom. The number of esters is 1. The van der Waals surface area contributed by atoms with Gasteiger partial charge in [0.05, 0.1) is 6.61 Å². The summed E-state index contributed by atoms with van der Waals surface area (Å²) in [5.41, 5.74) is 5.39. The number of nitrogens with two attached hydrogens (primary N) is 1. The van der Waals surface area contributed by atoms with Gasteiger partial charge in [-0.15, -0.1) is 0 Å². The highest BCUT2D eigenvalue weighted by molar-refractivity contribution is 5.80. The Morgan fingerprint density at radius 1 is 1.60 bits per heavy atom. The van der Waals surface area contributed by atoms with Crippen LogP contribution in [-0.2, 0) is 9.53 Å². The standard InChI is InChI=1S/C12H23NO2/c1-9(2)8-15-11(14)12(13)6-4-5-10(3)7-12/h9-10H,4-8,13H2,1-3H3. The number of ether oxygens (including phenoxy) is 1. The van der Waals surface area contributed by atoms with Gasteiger partial charge in [0.1, 0.15) is 5.54 Å². The summed E-state index contributed by atoms with van der Waals surface area (Å²) in [4.78, 5) is 11.8. The molecule has 88 valence electrons. The molecule has 0 spiro atoms. The zero-order chi connectivity index (χ0) is 11.5. The van der Waals surface area contributed by atoms with E-state index in [4.69, 9.17) is 10.5 Å². The molecule has 1 saturated carbocycles. The van der Waals surface area contributed by atoms with Gasteiger partial charge in [-0.1, -0.05) is 33.6 Å². The van der Waals surface area contributed by atoms with Crippen LogP contribution in [0.4, 0.5) is 0 Å². The topological polar surface area (TPSA) is 52.3 Å². The maximum absolute atomic E-state index is 11.8. The van der Waals surface area contributed by atoms with Gasteiger partial charge in [0.25, 0.3) is 0 Å². The highest BCUT2D eigenvalue weighted by Gasteiger charge is 2.39. The second-order valence-electron chi connectivity index (χ2n) is 5.35. The summed E-state index contributed by atoms with van der Waals surface area (Å²) in [5.74, 6) is 0.705. The molecule has 0 aromatic rings. The molecule has 3 heteroatoms. The van der Waals surface area contributed by atoms with Gasteiger partial charge >= 0.3 is 5.97 Å². The molecule has 0 saturated heterocycles. The lowest BCUT2D eigenvalue weighted by Gasteiger charge is -2.34. The van der Waals surface area contributed by atoms with E-state index in [1.807, 2.05) is 13.8 Å². The molecule has 0 radical (unpaired) electrons. The number of carbonyl (C=O) groups is 1. The van der Waals surface area contributed by atoms with Gasteiger partial charge in [0.15, 0.2) is 0 Å². The number of rotatable bonds is 3. The Labute approximate surface area is 92.4 Å². The average Bonchev–Trinajstić information content (AvgIpc) is 2.13. The van der Waals surface area contributed by atoms with Gasteiger partial charge in [-0.2, -0.15) is 0 Å². The van der Waals surface area contributed by atoms with Crippen LogP contribution in [-0.4, -0.2) is 18.1 Å². The van der Waals surface area contributed by atoms with E-state index in [1.165, 1.54) is 6.42 Å². The Balaban J connectivity index is 2.48. The van der Waals surface area contributed by atoms with Crippen LogP contribution >= 0.6 is 0 Å². The van der Waals surface area contributed by atoms with Crippen LogP contribution in [0.2, 0.25) is 0 Å². The minimum atomic E-state index is -0.716. The lowest BCUT2D eigenvalue weighted by molar-refractivity contribution is -0.153. The van der Waals surface area contributed by atoms with E-state index in [-0.39, 0.29) is 5.97 Å². The van der Waals surface area contributed by atoms with Crippen molar-refractivity contribution in [2.45, 2.75) is 52.0 Å². The molecule has 0 heterocycles. The molecule has 2 N–H and O–H groups in total. The molecule has 1 aliphatic carbocycles. The van der Waals surface area contributed by atoms with Crippen molar-refractivity contribution < 1.29 is 9.53 Å². The quantitative estimate of drug-likeness (QED) is 0.730. The summed E-state index contributed by atoms with van der Waals surface area (Å²) in [6.45, 7) is 6.68. The Morgan fingerprint density at radius 3 is 2.80 bits per heavy atom. The number of carbonyl (C=O) groups excluding carboxylic acids is 1. The first-order valence-corrected chi connectivity index (χ1v) is 5.90. The van der Waals surface area contributed by atoms with Crippen LogP contribution in [0.25, 0.3) is 0 Å². The third kappa shape index (κ3) is 3.49. The molecular formula is C12H23NO2. The Bertz CT molecular complexity index is 228. The van der Waals surface area contributed by atoms with Crippen LogP contribution < -0.4 is 5.73 Å². The van der Waals surface area contributed by atoms with Gasteiger partial charge in [0.2, 0.25) is 0 Å². The molecular weight excluding hydrogens is 190 g/mol. The third-order valence-electron chi connectivity index (χ3n) is 2.99. The third-order valence-corrected chi connectivity index (χ3v) is 2.99. The molecule has 1 aliphatic rings. The van der Waals surface area contributed by atoms with Crippen LogP contribution in [0.3, 0.4) is 0 Å². The van der Waals surface area contributed by atoms with Crippen molar-refractivity contribution in [1.29, 1.82) is 0 Å². The van der Waals surface area contributed by atoms with Crippen molar-refractivity contribution in [2.75, 3.05) is 6.61 Å². The van der Waals surface area contributed by atoms with Gasteiger partial charge in [-0.3, -0.25) is 4.79 Å². The van der Waals surface area contributed by atoms with E-state index in [0.29, 0.717) is 18.4 Å². The molecule has 0 amide bonds. The smallest absolute Gasteiger partial charge is 0.326 e. The van der Waals surface area contributed by atoms with E-state index >= 15 is 0 Å². The molecule has 2 unspecified atom stereocenters. The monoisotopic (exact) mass is 213 g/mol. The van der Waals surface area contributed by atoms with Gasteiger partial charge < -0.3 is 10.5 Å². The molecule has 1 rings (SSSR count). The van der Waals surface area contributed by atoms with Gasteiger partial charge in [-0.05, 0) is 24.7 Å². The van der Waals surface area contributed by atoms with Gasteiger partial charge in [-0.25, -0.2) is 0 Å². The molecule has 1 fully saturated rings. The normalized spacial score (nSPS) is 31.7. The fourth-order valence-corrected chi connectivity index (χ4v) is 2.16. The van der Waals surface area contributed by atoms with Crippen LogP contribution in [0.15, 0.2) is 0 Å². The van der Waals surface area contributed by atoms with Crippen molar-refractivity contribution >= 4 is 5.97 Å². The van der Waals surface area contributed by atoms with E-state index in [2.05, 4.69) is 6.92 Å². The predicted molar refractivity (Wildman–Crippen MR) is 60.3 cm³/mol. The van der Waals surface area contributed by atoms with Crippen molar-refractivity contribution in [3.05, 3.63) is 0 Å². The predicted octanol–water partition coefficient (Wildman–Crippen LogP) is 2.09. The lowest BCUT2D eigenvalue weighted by atomic mass is 9.77. The SMILES string of the molecule is CC(C)COC(=O)C1(N)CCCC(C)C1. The minimum absolute atomic E-state index is 0.206. The summed E-state index contributed by atoms with van der Waals surface area (Å²) >= 11 is 0. The van der Waals surface area contributed by atoms with E-state index in [1.54, 1.807) is 0 Å². The van der Waals surface area contributed by atoms with Crippen LogP contribution in [0.5, 0.6) is 0 Å². The first-order chi connectivity index (χ1) is 6.94. The minimum Gasteiger partial charge on any atom is -0.464 e. The van der Waals surface area contributed by atoms with Crippen LogP contribution in [0, 0.1) is 11.8 Å². The highest BCUT2D eigenvalue weighted by atomic mass is 16.5. The average molecular weight is 213 g/mol. The largest absolute Gasteiger partial charge is 0.464 e. The Hall–Kier alpha value is -0.570. The van der Waals surface area contributed by atoms with Crippen molar-refractivity contribution in [3.8, 4) is 0 Å². The summed E-state index contributed by atoms with van der Waals surface area (Å²) in [6.07, 6.45) is 3.75. The molecule has 15 heavy (non-hydrogen) atoms. The zero-order valence-corrected chi connectivity index (χ0v) is 10.1. The molecule has 0 aromatic carbocycles. The Kier molecular flexibility index (Phi) is 4.14. The lowest BCUT2D eigenvalue weighted by Crippen LogP contribution is -2.52. The number of hydrogen-bond donors (Lipinski definition) is 1. The first-order valence-electron chi connectivity index (χ1n) is 5.90. The fourth-order valence-electron chi connectivity index (χ4n) is 2.16. The first kappa shape index (κ1) is 12.5.